The van der Waals surface area contributed by atoms with E-state index in [1.807, 2.05) is 39.0 Å². The van der Waals surface area contributed by atoms with E-state index in [-0.39, 0.29) is 17.9 Å². The van der Waals surface area contributed by atoms with Crippen molar-refractivity contribution in [2.24, 2.45) is 11.1 Å². The number of hydrogen-bond acceptors (Lipinski definition) is 3. The molecule has 1 atom stereocenters. The summed E-state index contributed by atoms with van der Waals surface area (Å²) < 4.78 is 6.52. The van der Waals surface area contributed by atoms with E-state index in [1.54, 1.807) is 0 Å². The summed E-state index contributed by atoms with van der Waals surface area (Å²) in [7, 11) is 0. The Morgan fingerprint density at radius 1 is 1.50 bits per heavy atom. The van der Waals surface area contributed by atoms with Gasteiger partial charge in [0.05, 0.1) is 13.0 Å². The number of nitrogens with two attached hydrogens (primary N) is 1. The van der Waals surface area contributed by atoms with Gasteiger partial charge in [-0.15, -0.1) is 0 Å². The third-order valence-electron chi connectivity index (χ3n) is 3.07. The van der Waals surface area contributed by atoms with Crippen LogP contribution >= 0.6 is 15.9 Å². The topological polar surface area (TPSA) is 72.5 Å². The first-order valence-corrected chi connectivity index (χ1v) is 7.44. The van der Waals surface area contributed by atoms with Gasteiger partial charge < -0.3 is 15.6 Å². The summed E-state index contributed by atoms with van der Waals surface area (Å²) in [4.78, 5) is 10.9. The first kappa shape index (κ1) is 17.0. The van der Waals surface area contributed by atoms with Gasteiger partial charge in [0.2, 0.25) is 0 Å². The highest BCUT2D eigenvalue weighted by Crippen LogP contribution is 2.36. The van der Waals surface area contributed by atoms with Crippen molar-refractivity contribution in [2.45, 2.75) is 39.7 Å². The molecule has 3 N–H and O–H groups in total. The highest BCUT2D eigenvalue weighted by Gasteiger charge is 2.26. The second kappa shape index (κ2) is 7.09. The number of aliphatic carboxylic acids is 1. The van der Waals surface area contributed by atoms with Crippen LogP contribution in [0.2, 0.25) is 0 Å². The second-order valence-electron chi connectivity index (χ2n) is 5.66. The number of ether oxygens (including phenoxy) is 1. The molecule has 0 amide bonds. The van der Waals surface area contributed by atoms with Crippen LogP contribution in [0.25, 0.3) is 0 Å². The maximum absolute atomic E-state index is 10.9. The van der Waals surface area contributed by atoms with E-state index in [0.717, 1.165) is 15.8 Å². The van der Waals surface area contributed by atoms with Crippen LogP contribution in [0.5, 0.6) is 5.75 Å². The smallest absolute Gasteiger partial charge is 0.303 e. The van der Waals surface area contributed by atoms with Crippen molar-refractivity contribution in [1.82, 2.24) is 0 Å². The van der Waals surface area contributed by atoms with Crippen LogP contribution in [-0.4, -0.2) is 17.7 Å². The van der Waals surface area contributed by atoms with E-state index in [0.29, 0.717) is 13.0 Å². The number of benzene rings is 1. The molecule has 112 valence electrons. The number of halogens is 1. The molecule has 5 heteroatoms. The molecule has 0 aliphatic carbocycles. The number of carboxylic acids is 1. The fourth-order valence-corrected chi connectivity index (χ4v) is 2.66. The Morgan fingerprint density at radius 2 is 2.15 bits per heavy atom. The Kier molecular flexibility index (Phi) is 6.02. The van der Waals surface area contributed by atoms with Crippen molar-refractivity contribution in [2.75, 3.05) is 6.61 Å². The van der Waals surface area contributed by atoms with E-state index >= 15 is 0 Å². The summed E-state index contributed by atoms with van der Waals surface area (Å²) in [5.41, 5.74) is 6.80. The zero-order valence-electron chi connectivity index (χ0n) is 12.1. The normalized spacial score (nSPS) is 13.1. The standard InChI is InChI=1S/C15H22BrNO3/c1-4-20-13-6-5-10(16)7-11(13)12(17)8-15(2,3)9-14(18)19/h5-7,12H,4,8-9,17H2,1-3H3,(H,18,19). The quantitative estimate of drug-likeness (QED) is 0.790. The summed E-state index contributed by atoms with van der Waals surface area (Å²) in [6.07, 6.45) is 0.675. The maximum Gasteiger partial charge on any atom is 0.303 e. The van der Waals surface area contributed by atoms with Crippen molar-refractivity contribution >= 4 is 21.9 Å². The second-order valence-corrected chi connectivity index (χ2v) is 6.58. The number of hydrogen-bond donors (Lipinski definition) is 2. The highest BCUT2D eigenvalue weighted by molar-refractivity contribution is 9.10. The van der Waals surface area contributed by atoms with Gasteiger partial charge in [-0.05, 0) is 37.0 Å². The van der Waals surface area contributed by atoms with Crippen LogP contribution < -0.4 is 10.5 Å². The third-order valence-corrected chi connectivity index (χ3v) is 3.57. The van der Waals surface area contributed by atoms with Crippen molar-refractivity contribution in [1.29, 1.82) is 0 Å². The molecule has 1 aromatic carbocycles. The maximum atomic E-state index is 10.9. The lowest BCUT2D eigenvalue weighted by Crippen LogP contribution is -2.24. The molecule has 0 bridgehead atoms. The largest absolute Gasteiger partial charge is 0.494 e. The molecule has 0 saturated carbocycles. The molecular formula is C15H22BrNO3. The average Bonchev–Trinajstić information content (AvgIpc) is 2.29. The lowest BCUT2D eigenvalue weighted by atomic mass is 9.81. The zero-order valence-corrected chi connectivity index (χ0v) is 13.7. The first-order chi connectivity index (χ1) is 9.25. The molecule has 0 aliphatic heterocycles. The van der Waals surface area contributed by atoms with Crippen LogP contribution in [0.1, 0.15) is 45.2 Å². The van der Waals surface area contributed by atoms with Gasteiger partial charge in [-0.25, -0.2) is 0 Å². The minimum atomic E-state index is -0.804. The fraction of sp³-hybridized carbons (Fsp3) is 0.533. The van der Waals surface area contributed by atoms with Crippen molar-refractivity contribution < 1.29 is 14.6 Å². The lowest BCUT2D eigenvalue weighted by molar-refractivity contribution is -0.139. The van der Waals surface area contributed by atoms with E-state index < -0.39 is 5.97 Å². The van der Waals surface area contributed by atoms with Crippen molar-refractivity contribution in [3.8, 4) is 5.75 Å². The molecule has 20 heavy (non-hydrogen) atoms. The predicted octanol–water partition coefficient (Wildman–Crippen LogP) is 3.74. The van der Waals surface area contributed by atoms with Gasteiger partial charge in [-0.3, -0.25) is 4.79 Å². The van der Waals surface area contributed by atoms with Gasteiger partial charge in [0.25, 0.3) is 0 Å². The minimum Gasteiger partial charge on any atom is -0.494 e. The van der Waals surface area contributed by atoms with Gasteiger partial charge in [-0.1, -0.05) is 29.8 Å². The molecule has 0 saturated heterocycles. The van der Waals surface area contributed by atoms with E-state index in [9.17, 15) is 4.79 Å². The molecule has 1 rings (SSSR count). The number of carboxylic acid groups (broad SMARTS) is 1. The molecule has 0 heterocycles. The summed E-state index contributed by atoms with van der Waals surface area (Å²) in [6.45, 7) is 6.32. The average molecular weight is 344 g/mol. The minimum absolute atomic E-state index is 0.0959. The van der Waals surface area contributed by atoms with E-state index in [2.05, 4.69) is 15.9 Å². The molecule has 0 aliphatic rings. The molecular weight excluding hydrogens is 322 g/mol. The zero-order chi connectivity index (χ0) is 15.3. The van der Waals surface area contributed by atoms with Crippen LogP contribution in [-0.2, 0) is 4.79 Å². The first-order valence-electron chi connectivity index (χ1n) is 6.65. The van der Waals surface area contributed by atoms with E-state index in [1.165, 1.54) is 0 Å². The third kappa shape index (κ3) is 5.13. The van der Waals surface area contributed by atoms with Crippen molar-refractivity contribution in [3.63, 3.8) is 0 Å². The van der Waals surface area contributed by atoms with Crippen LogP contribution in [0.15, 0.2) is 22.7 Å². The summed E-state index contributed by atoms with van der Waals surface area (Å²) in [5.74, 6) is -0.0456. The van der Waals surface area contributed by atoms with Gasteiger partial charge in [0, 0.05) is 16.1 Å². The van der Waals surface area contributed by atoms with Gasteiger partial charge >= 0.3 is 5.97 Å². The molecule has 0 radical (unpaired) electrons. The monoisotopic (exact) mass is 343 g/mol. The molecule has 0 aromatic heterocycles. The summed E-state index contributed by atoms with van der Waals surface area (Å²) in [6, 6.07) is 5.46. The predicted molar refractivity (Wildman–Crippen MR) is 82.9 cm³/mol. The Labute approximate surface area is 128 Å². The Balaban J connectivity index is 2.93. The highest BCUT2D eigenvalue weighted by atomic mass is 79.9. The van der Waals surface area contributed by atoms with Gasteiger partial charge in [0.1, 0.15) is 5.75 Å². The SMILES string of the molecule is CCOc1ccc(Br)cc1C(N)CC(C)(C)CC(=O)O. The molecule has 1 unspecified atom stereocenters. The molecule has 0 spiro atoms. The van der Waals surface area contributed by atoms with E-state index in [4.69, 9.17) is 15.6 Å². The van der Waals surface area contributed by atoms with Crippen LogP contribution in [0.4, 0.5) is 0 Å². The lowest BCUT2D eigenvalue weighted by Gasteiger charge is -2.27. The fourth-order valence-electron chi connectivity index (χ4n) is 2.28. The Hall–Kier alpha value is -1.07. The molecule has 4 nitrogen and oxygen atoms in total. The van der Waals surface area contributed by atoms with Crippen LogP contribution in [0.3, 0.4) is 0 Å². The van der Waals surface area contributed by atoms with Crippen LogP contribution in [0, 0.1) is 5.41 Å². The molecule has 1 aromatic rings. The van der Waals surface area contributed by atoms with Gasteiger partial charge in [-0.2, -0.15) is 0 Å². The molecule has 0 fully saturated rings. The van der Waals surface area contributed by atoms with Gasteiger partial charge in [0.15, 0.2) is 0 Å². The summed E-state index contributed by atoms with van der Waals surface area (Å²) in [5, 5.41) is 8.94. The number of rotatable bonds is 7. The number of carbonyl (C=O) groups is 1. The Bertz CT molecular complexity index is 474. The summed E-state index contributed by atoms with van der Waals surface area (Å²) >= 11 is 3.43. The van der Waals surface area contributed by atoms with Crippen molar-refractivity contribution in [3.05, 3.63) is 28.2 Å². The Morgan fingerprint density at radius 3 is 2.70 bits per heavy atom.